The van der Waals surface area contributed by atoms with E-state index in [-0.39, 0.29) is 11.9 Å². The van der Waals surface area contributed by atoms with Crippen molar-refractivity contribution < 1.29 is 4.79 Å². The van der Waals surface area contributed by atoms with Crippen LogP contribution in [0.15, 0.2) is 24.3 Å². The smallest absolute Gasteiger partial charge is 0.251 e. The molecule has 0 aromatic heterocycles. The van der Waals surface area contributed by atoms with Crippen LogP contribution >= 0.6 is 0 Å². The Morgan fingerprint density at radius 1 is 1.22 bits per heavy atom. The standard InChI is InChI=1S/C13H20N4O/c1-2-10-4-6-11(7-5-10)12(18)16-8-3-9-17-13(14)15/h4-7H,2-3,8-9H2,1H3,(H,16,18)(H4,14,15,17). The summed E-state index contributed by atoms with van der Waals surface area (Å²) in [5.74, 6) is -0.114. The van der Waals surface area contributed by atoms with E-state index in [0.29, 0.717) is 18.7 Å². The zero-order valence-corrected chi connectivity index (χ0v) is 10.6. The summed E-state index contributed by atoms with van der Waals surface area (Å²) in [4.78, 5) is 11.7. The van der Waals surface area contributed by atoms with Gasteiger partial charge in [0.25, 0.3) is 5.91 Å². The van der Waals surface area contributed by atoms with Crippen molar-refractivity contribution in [3.05, 3.63) is 35.4 Å². The molecule has 5 N–H and O–H groups in total. The van der Waals surface area contributed by atoms with Gasteiger partial charge in [-0.1, -0.05) is 19.1 Å². The number of rotatable bonds is 6. The second kappa shape index (κ2) is 7.32. The Hall–Kier alpha value is -2.04. The van der Waals surface area contributed by atoms with Gasteiger partial charge in [0.15, 0.2) is 5.96 Å². The first-order valence-corrected chi connectivity index (χ1v) is 6.08. The molecule has 0 saturated carbocycles. The van der Waals surface area contributed by atoms with Crippen LogP contribution in [0.5, 0.6) is 0 Å². The van der Waals surface area contributed by atoms with E-state index in [4.69, 9.17) is 11.1 Å². The zero-order chi connectivity index (χ0) is 13.4. The van der Waals surface area contributed by atoms with Gasteiger partial charge in [0.05, 0.1) is 0 Å². The van der Waals surface area contributed by atoms with Gasteiger partial charge in [0.1, 0.15) is 0 Å². The number of aryl methyl sites for hydroxylation is 1. The number of amides is 1. The molecular weight excluding hydrogens is 228 g/mol. The van der Waals surface area contributed by atoms with Gasteiger partial charge >= 0.3 is 0 Å². The average molecular weight is 248 g/mol. The van der Waals surface area contributed by atoms with E-state index in [0.717, 1.165) is 12.8 Å². The number of carbonyl (C=O) groups excluding carboxylic acids is 1. The number of hydrogen-bond donors (Lipinski definition) is 4. The van der Waals surface area contributed by atoms with Gasteiger partial charge in [-0.25, -0.2) is 0 Å². The van der Waals surface area contributed by atoms with Gasteiger partial charge in [0.2, 0.25) is 0 Å². The van der Waals surface area contributed by atoms with Crippen molar-refractivity contribution in [2.45, 2.75) is 19.8 Å². The number of nitrogens with one attached hydrogen (secondary N) is 3. The number of hydrogen-bond acceptors (Lipinski definition) is 2. The van der Waals surface area contributed by atoms with E-state index in [1.54, 1.807) is 0 Å². The monoisotopic (exact) mass is 248 g/mol. The largest absolute Gasteiger partial charge is 0.370 e. The summed E-state index contributed by atoms with van der Waals surface area (Å²) in [5, 5.41) is 12.5. The van der Waals surface area contributed by atoms with Gasteiger partial charge in [-0.15, -0.1) is 0 Å². The lowest BCUT2D eigenvalue weighted by molar-refractivity contribution is 0.0953. The van der Waals surface area contributed by atoms with Crippen molar-refractivity contribution in [2.24, 2.45) is 5.73 Å². The third kappa shape index (κ3) is 4.86. The van der Waals surface area contributed by atoms with E-state index in [1.807, 2.05) is 24.3 Å². The molecule has 1 amide bonds. The SMILES string of the molecule is CCc1ccc(C(=O)NCCCNC(=N)N)cc1. The maximum atomic E-state index is 11.7. The Balaban J connectivity index is 2.29. The summed E-state index contributed by atoms with van der Waals surface area (Å²) in [7, 11) is 0. The van der Waals surface area contributed by atoms with Crippen LogP contribution in [0.25, 0.3) is 0 Å². The summed E-state index contributed by atoms with van der Waals surface area (Å²) >= 11 is 0. The van der Waals surface area contributed by atoms with Crippen molar-refractivity contribution in [1.82, 2.24) is 10.6 Å². The molecule has 18 heavy (non-hydrogen) atoms. The summed E-state index contributed by atoms with van der Waals surface area (Å²) < 4.78 is 0. The van der Waals surface area contributed by atoms with Crippen molar-refractivity contribution in [3.63, 3.8) is 0 Å². The van der Waals surface area contributed by atoms with Crippen LogP contribution in [0.1, 0.15) is 29.3 Å². The maximum Gasteiger partial charge on any atom is 0.251 e. The number of carbonyl (C=O) groups is 1. The number of benzene rings is 1. The Kier molecular flexibility index (Phi) is 5.70. The molecule has 0 fully saturated rings. The minimum Gasteiger partial charge on any atom is -0.370 e. The molecule has 0 radical (unpaired) electrons. The lowest BCUT2D eigenvalue weighted by Gasteiger charge is -2.06. The molecule has 5 heteroatoms. The third-order valence-corrected chi connectivity index (χ3v) is 2.58. The fraction of sp³-hybridized carbons (Fsp3) is 0.385. The molecule has 1 aromatic carbocycles. The Morgan fingerprint density at radius 3 is 2.39 bits per heavy atom. The van der Waals surface area contributed by atoms with E-state index < -0.39 is 0 Å². The molecule has 0 bridgehead atoms. The third-order valence-electron chi connectivity index (χ3n) is 2.58. The first-order chi connectivity index (χ1) is 8.63. The summed E-state index contributed by atoms with van der Waals surface area (Å²) in [6.45, 7) is 3.23. The fourth-order valence-electron chi connectivity index (χ4n) is 1.51. The van der Waals surface area contributed by atoms with Crippen LogP contribution in [-0.4, -0.2) is 25.0 Å². The molecule has 0 unspecified atom stereocenters. The molecular formula is C13H20N4O. The van der Waals surface area contributed by atoms with Gasteiger partial charge < -0.3 is 16.4 Å². The van der Waals surface area contributed by atoms with Crippen LogP contribution in [-0.2, 0) is 6.42 Å². The molecule has 1 rings (SSSR count). The second-order valence-electron chi connectivity index (χ2n) is 4.00. The van der Waals surface area contributed by atoms with Crippen LogP contribution < -0.4 is 16.4 Å². The predicted octanol–water partition coefficient (Wildman–Crippen LogP) is 0.852. The Bertz CT molecular complexity index is 400. The molecule has 98 valence electrons. The molecule has 5 nitrogen and oxygen atoms in total. The molecule has 0 heterocycles. The molecule has 0 spiro atoms. The topological polar surface area (TPSA) is 91.0 Å². The van der Waals surface area contributed by atoms with Crippen molar-refractivity contribution in [2.75, 3.05) is 13.1 Å². The van der Waals surface area contributed by atoms with Gasteiger partial charge in [0, 0.05) is 18.7 Å². The van der Waals surface area contributed by atoms with E-state index >= 15 is 0 Å². The minimum absolute atomic E-state index is 0.0449. The molecule has 0 aliphatic rings. The van der Waals surface area contributed by atoms with Crippen molar-refractivity contribution in [1.29, 1.82) is 5.41 Å². The van der Waals surface area contributed by atoms with E-state index in [2.05, 4.69) is 17.6 Å². The molecule has 0 aliphatic heterocycles. The first-order valence-electron chi connectivity index (χ1n) is 6.08. The van der Waals surface area contributed by atoms with Gasteiger partial charge in [-0.05, 0) is 30.5 Å². The summed E-state index contributed by atoms with van der Waals surface area (Å²) in [6, 6.07) is 7.60. The Labute approximate surface area is 107 Å². The van der Waals surface area contributed by atoms with Crippen LogP contribution in [0, 0.1) is 5.41 Å². The normalized spacial score (nSPS) is 9.83. The molecule has 0 aliphatic carbocycles. The molecule has 0 saturated heterocycles. The Morgan fingerprint density at radius 2 is 1.83 bits per heavy atom. The highest BCUT2D eigenvalue weighted by molar-refractivity contribution is 5.94. The summed E-state index contributed by atoms with van der Waals surface area (Å²) in [5.41, 5.74) is 7.03. The van der Waals surface area contributed by atoms with Crippen LogP contribution in [0.4, 0.5) is 0 Å². The highest BCUT2D eigenvalue weighted by atomic mass is 16.1. The minimum atomic E-state index is -0.0690. The maximum absolute atomic E-state index is 11.7. The molecule has 1 aromatic rings. The van der Waals surface area contributed by atoms with E-state index in [1.165, 1.54) is 5.56 Å². The highest BCUT2D eigenvalue weighted by Crippen LogP contribution is 2.04. The summed E-state index contributed by atoms with van der Waals surface area (Å²) in [6.07, 6.45) is 1.71. The van der Waals surface area contributed by atoms with Gasteiger partial charge in [-0.3, -0.25) is 10.2 Å². The predicted molar refractivity (Wildman–Crippen MR) is 72.7 cm³/mol. The zero-order valence-electron chi connectivity index (χ0n) is 10.6. The first kappa shape index (κ1) is 14.0. The lowest BCUT2D eigenvalue weighted by atomic mass is 10.1. The highest BCUT2D eigenvalue weighted by Gasteiger charge is 2.03. The van der Waals surface area contributed by atoms with Crippen LogP contribution in [0.3, 0.4) is 0 Å². The second-order valence-corrected chi connectivity index (χ2v) is 4.00. The molecule has 0 atom stereocenters. The fourth-order valence-corrected chi connectivity index (χ4v) is 1.51. The lowest BCUT2D eigenvalue weighted by Crippen LogP contribution is -2.33. The quantitative estimate of drug-likeness (QED) is 0.342. The van der Waals surface area contributed by atoms with Crippen molar-refractivity contribution in [3.8, 4) is 0 Å². The van der Waals surface area contributed by atoms with E-state index in [9.17, 15) is 4.79 Å². The van der Waals surface area contributed by atoms with Gasteiger partial charge in [-0.2, -0.15) is 0 Å². The number of nitrogens with two attached hydrogens (primary N) is 1. The van der Waals surface area contributed by atoms with Crippen LogP contribution in [0.2, 0.25) is 0 Å². The average Bonchev–Trinajstić information content (AvgIpc) is 2.38. The number of guanidine groups is 1. The van der Waals surface area contributed by atoms with Crippen molar-refractivity contribution >= 4 is 11.9 Å².